The van der Waals surface area contributed by atoms with Crippen molar-refractivity contribution < 1.29 is 18.8 Å². The van der Waals surface area contributed by atoms with E-state index in [9.17, 15) is 5.11 Å². The second-order valence-corrected chi connectivity index (χ2v) is 9.88. The van der Waals surface area contributed by atoms with Crippen LogP contribution in [0.4, 0.5) is 5.88 Å². The predicted molar refractivity (Wildman–Crippen MR) is 143 cm³/mol. The van der Waals surface area contributed by atoms with Gasteiger partial charge in [-0.3, -0.25) is 4.90 Å². The van der Waals surface area contributed by atoms with Gasteiger partial charge in [0.2, 0.25) is 5.88 Å². The monoisotopic (exact) mass is 501 g/mol. The lowest BCUT2D eigenvalue weighted by Crippen LogP contribution is -2.36. The van der Waals surface area contributed by atoms with E-state index in [0.717, 1.165) is 60.1 Å². The number of piperidine rings is 1. The molecule has 1 unspecified atom stereocenters. The maximum absolute atomic E-state index is 10.9. The molecule has 7 heteroatoms. The fourth-order valence-electron chi connectivity index (χ4n) is 4.82. The molecule has 0 amide bonds. The number of ether oxygens (including phenoxy) is 1. The summed E-state index contributed by atoms with van der Waals surface area (Å²) in [6, 6.07) is 23.6. The highest BCUT2D eigenvalue weighted by Crippen LogP contribution is 2.35. The van der Waals surface area contributed by atoms with Crippen molar-refractivity contribution in [2.45, 2.75) is 39.0 Å². The highest BCUT2D eigenvalue weighted by atomic mass is 16.5. The van der Waals surface area contributed by atoms with Gasteiger partial charge in [0, 0.05) is 31.7 Å². The first-order valence-corrected chi connectivity index (χ1v) is 13.1. The molecule has 1 saturated heterocycles. The Balaban J connectivity index is 1.39. The Bertz CT molecular complexity index is 1200. The summed E-state index contributed by atoms with van der Waals surface area (Å²) in [6.45, 7) is 5.91. The first-order chi connectivity index (χ1) is 18.2. The maximum atomic E-state index is 10.9. The summed E-state index contributed by atoms with van der Waals surface area (Å²) in [4.78, 5) is 4.49. The average Bonchev–Trinajstić information content (AvgIpc) is 3.59. The number of furan rings is 1. The Morgan fingerprint density at radius 2 is 1.73 bits per heavy atom. The van der Waals surface area contributed by atoms with Crippen LogP contribution in [0, 0.1) is 5.92 Å². The van der Waals surface area contributed by atoms with E-state index < -0.39 is 6.10 Å². The number of rotatable bonds is 11. The van der Waals surface area contributed by atoms with Crippen molar-refractivity contribution in [1.82, 2.24) is 10.1 Å². The predicted octanol–water partition coefficient (Wildman–Crippen LogP) is 5.61. The molecule has 1 fully saturated rings. The van der Waals surface area contributed by atoms with Gasteiger partial charge >= 0.3 is 0 Å². The molecule has 0 saturated carbocycles. The molecule has 2 aromatic carbocycles. The second kappa shape index (κ2) is 12.1. The van der Waals surface area contributed by atoms with Gasteiger partial charge in [0.1, 0.15) is 29.9 Å². The molecule has 194 valence electrons. The van der Waals surface area contributed by atoms with Gasteiger partial charge in [-0.25, -0.2) is 0 Å². The van der Waals surface area contributed by atoms with Gasteiger partial charge < -0.3 is 23.7 Å². The molecule has 0 bridgehead atoms. The molecule has 5 rings (SSSR count). The zero-order chi connectivity index (χ0) is 25.5. The Labute approximate surface area is 218 Å². The third-order valence-corrected chi connectivity index (χ3v) is 6.88. The van der Waals surface area contributed by atoms with E-state index in [4.69, 9.17) is 13.7 Å². The summed E-state index contributed by atoms with van der Waals surface area (Å²) >= 11 is 0. The molecule has 3 heterocycles. The molecule has 7 nitrogen and oxygen atoms in total. The lowest BCUT2D eigenvalue weighted by molar-refractivity contribution is 0.0605. The van der Waals surface area contributed by atoms with Gasteiger partial charge in [-0.2, -0.15) is 0 Å². The molecule has 37 heavy (non-hydrogen) atoms. The van der Waals surface area contributed by atoms with Gasteiger partial charge in [0.15, 0.2) is 0 Å². The molecule has 1 aliphatic heterocycles. The van der Waals surface area contributed by atoms with Crippen LogP contribution in [0.1, 0.15) is 31.1 Å². The molecule has 1 aliphatic rings. The van der Waals surface area contributed by atoms with E-state index in [-0.39, 0.29) is 6.61 Å². The van der Waals surface area contributed by atoms with Crippen LogP contribution in [-0.2, 0) is 13.1 Å². The summed E-state index contributed by atoms with van der Waals surface area (Å²) < 4.78 is 17.5. The topological polar surface area (TPSA) is 75.1 Å². The fraction of sp³-hybridized carbons (Fsp3) is 0.367. The Kier molecular flexibility index (Phi) is 8.23. The minimum absolute atomic E-state index is 0.199. The smallest absolute Gasteiger partial charge is 0.232 e. The highest BCUT2D eigenvalue weighted by molar-refractivity contribution is 5.68. The standard InChI is InChI=1S/C30H35N3O4/c1-23-14-16-33(17-15-23)30-28(29(31-37-30)24-9-4-2-5-10-24)21-32(20-27-13-8-18-35-27)19-25(34)22-36-26-11-6-3-7-12-26/h2-13,18,23,25,34H,14-17,19-22H2,1H3. The number of nitrogens with zero attached hydrogens (tertiary/aromatic N) is 3. The lowest BCUT2D eigenvalue weighted by atomic mass is 9.98. The van der Waals surface area contributed by atoms with Crippen molar-refractivity contribution in [3.05, 3.63) is 90.4 Å². The van der Waals surface area contributed by atoms with Crippen LogP contribution in [0.15, 0.2) is 88.0 Å². The molecule has 1 N–H and O–H groups in total. The van der Waals surface area contributed by atoms with E-state index in [0.29, 0.717) is 25.6 Å². The van der Waals surface area contributed by atoms with E-state index in [1.807, 2.05) is 60.7 Å². The summed E-state index contributed by atoms with van der Waals surface area (Å²) in [6.07, 6.45) is 3.26. The van der Waals surface area contributed by atoms with E-state index in [1.54, 1.807) is 6.26 Å². The molecule has 0 aliphatic carbocycles. The van der Waals surface area contributed by atoms with Crippen molar-refractivity contribution in [2.24, 2.45) is 5.92 Å². The van der Waals surface area contributed by atoms with Crippen LogP contribution >= 0.6 is 0 Å². The van der Waals surface area contributed by atoms with Crippen molar-refractivity contribution in [2.75, 3.05) is 31.1 Å². The van der Waals surface area contributed by atoms with Gasteiger partial charge in [-0.1, -0.05) is 60.6 Å². The molecular formula is C30H35N3O4. The summed E-state index contributed by atoms with van der Waals surface area (Å²) in [5, 5.41) is 15.5. The number of hydrogen-bond donors (Lipinski definition) is 1. The Morgan fingerprint density at radius 3 is 2.43 bits per heavy atom. The van der Waals surface area contributed by atoms with Crippen molar-refractivity contribution in [3.63, 3.8) is 0 Å². The maximum Gasteiger partial charge on any atom is 0.232 e. The van der Waals surface area contributed by atoms with Gasteiger partial charge in [0.05, 0.1) is 18.4 Å². The molecule has 4 aromatic rings. The lowest BCUT2D eigenvalue weighted by Gasteiger charge is -2.31. The first-order valence-electron chi connectivity index (χ1n) is 13.1. The quantitative estimate of drug-likeness (QED) is 0.286. The van der Waals surface area contributed by atoms with E-state index in [1.165, 1.54) is 0 Å². The molecular weight excluding hydrogens is 466 g/mol. The Morgan fingerprint density at radius 1 is 1.00 bits per heavy atom. The van der Waals surface area contributed by atoms with Crippen molar-refractivity contribution in [3.8, 4) is 17.0 Å². The van der Waals surface area contributed by atoms with E-state index >= 15 is 0 Å². The van der Waals surface area contributed by atoms with Crippen LogP contribution in [0.3, 0.4) is 0 Å². The second-order valence-electron chi connectivity index (χ2n) is 9.88. The van der Waals surface area contributed by atoms with Gasteiger partial charge in [-0.05, 0) is 43.0 Å². The molecule has 1 atom stereocenters. The number of aliphatic hydroxyl groups excluding tert-OH is 1. The number of para-hydroxylation sites is 1. The van der Waals surface area contributed by atoms with Gasteiger partial charge in [-0.15, -0.1) is 0 Å². The SMILES string of the molecule is CC1CCN(c2onc(-c3ccccc3)c2CN(Cc2ccco2)CC(O)COc2ccccc2)CC1. The van der Waals surface area contributed by atoms with Crippen molar-refractivity contribution in [1.29, 1.82) is 0 Å². The largest absolute Gasteiger partial charge is 0.491 e. The fourth-order valence-corrected chi connectivity index (χ4v) is 4.82. The van der Waals surface area contributed by atoms with Crippen LogP contribution < -0.4 is 9.64 Å². The number of benzene rings is 2. The first kappa shape index (κ1) is 25.1. The van der Waals surface area contributed by atoms with Crippen LogP contribution in [0.25, 0.3) is 11.3 Å². The zero-order valence-corrected chi connectivity index (χ0v) is 21.3. The van der Waals surface area contributed by atoms with Crippen LogP contribution in [0.2, 0.25) is 0 Å². The number of aromatic nitrogens is 1. The number of aliphatic hydroxyl groups is 1. The summed E-state index contributed by atoms with van der Waals surface area (Å²) in [5.41, 5.74) is 2.89. The summed E-state index contributed by atoms with van der Waals surface area (Å²) in [5.74, 6) is 3.12. The third kappa shape index (κ3) is 6.61. The molecule has 0 spiro atoms. The average molecular weight is 502 g/mol. The normalized spacial score (nSPS) is 15.3. The number of hydrogen-bond acceptors (Lipinski definition) is 7. The van der Waals surface area contributed by atoms with Gasteiger partial charge in [0.25, 0.3) is 0 Å². The van der Waals surface area contributed by atoms with Crippen LogP contribution in [0.5, 0.6) is 5.75 Å². The minimum atomic E-state index is -0.686. The molecule has 2 aromatic heterocycles. The Hall–Kier alpha value is -3.55. The minimum Gasteiger partial charge on any atom is -0.491 e. The van der Waals surface area contributed by atoms with Crippen LogP contribution in [-0.4, -0.2) is 47.5 Å². The zero-order valence-electron chi connectivity index (χ0n) is 21.3. The van der Waals surface area contributed by atoms with Crippen molar-refractivity contribution >= 4 is 5.88 Å². The third-order valence-electron chi connectivity index (χ3n) is 6.88. The van der Waals surface area contributed by atoms with E-state index in [2.05, 4.69) is 34.0 Å². The molecule has 0 radical (unpaired) electrons. The highest BCUT2D eigenvalue weighted by Gasteiger charge is 2.27. The summed E-state index contributed by atoms with van der Waals surface area (Å²) in [7, 11) is 0. The number of anilines is 1.